The number of carbonyl (C=O) groups excluding carboxylic acids is 1. The zero-order valence-electron chi connectivity index (χ0n) is 7.97. The summed E-state index contributed by atoms with van der Waals surface area (Å²) in [6.07, 6.45) is 2.25. The van der Waals surface area contributed by atoms with Gasteiger partial charge >= 0.3 is 0 Å². The van der Waals surface area contributed by atoms with Crippen LogP contribution in [0.4, 0.5) is 0 Å². The highest BCUT2D eigenvalue weighted by Crippen LogP contribution is 2.18. The van der Waals surface area contributed by atoms with Crippen molar-refractivity contribution in [1.29, 1.82) is 0 Å². The fourth-order valence-corrected chi connectivity index (χ4v) is 1.83. The number of hydrogen-bond acceptors (Lipinski definition) is 2. The van der Waals surface area contributed by atoms with Gasteiger partial charge in [-0.2, -0.15) is 0 Å². The third-order valence-corrected chi connectivity index (χ3v) is 2.36. The Kier molecular flexibility index (Phi) is 3.53. The van der Waals surface area contributed by atoms with E-state index in [4.69, 9.17) is 0 Å². The number of amides is 1. The molecule has 2 aliphatic heterocycles. The molecule has 0 aromatic rings. The zero-order valence-corrected chi connectivity index (χ0v) is 7.97. The van der Waals surface area contributed by atoms with Crippen molar-refractivity contribution in [3.8, 4) is 0 Å². The quantitative estimate of drug-likeness (QED) is 0.577. The summed E-state index contributed by atoms with van der Waals surface area (Å²) in [5, 5.41) is 2.87. The number of piperazine rings is 1. The van der Waals surface area contributed by atoms with E-state index in [1.165, 1.54) is 6.42 Å². The molecular weight excluding hydrogens is 152 g/mol. The molecule has 1 atom stereocenters. The van der Waals surface area contributed by atoms with E-state index < -0.39 is 0 Å². The van der Waals surface area contributed by atoms with Gasteiger partial charge in [-0.25, -0.2) is 0 Å². The highest BCUT2D eigenvalue weighted by atomic mass is 16.2. The molecule has 3 nitrogen and oxygen atoms in total. The van der Waals surface area contributed by atoms with Crippen LogP contribution in [0.5, 0.6) is 0 Å². The maximum Gasteiger partial charge on any atom is 0.237 e. The minimum Gasteiger partial charge on any atom is -0.353 e. The molecule has 0 bridgehead atoms. The molecule has 2 aliphatic rings. The van der Waals surface area contributed by atoms with E-state index in [-0.39, 0.29) is 11.9 Å². The van der Waals surface area contributed by atoms with Crippen molar-refractivity contribution < 1.29 is 4.79 Å². The highest BCUT2D eigenvalue weighted by molar-refractivity contribution is 5.82. The van der Waals surface area contributed by atoms with Crippen molar-refractivity contribution in [3.63, 3.8) is 0 Å². The van der Waals surface area contributed by atoms with E-state index in [2.05, 4.69) is 10.2 Å². The summed E-state index contributed by atoms with van der Waals surface area (Å²) in [5.41, 5.74) is 0. The lowest BCUT2D eigenvalue weighted by molar-refractivity contribution is -0.127. The lowest BCUT2D eigenvalue weighted by Crippen LogP contribution is -2.51. The summed E-state index contributed by atoms with van der Waals surface area (Å²) in [7, 11) is 0. The summed E-state index contributed by atoms with van der Waals surface area (Å²) in [6, 6.07) is 0.216. The monoisotopic (exact) mass is 170 g/mol. The van der Waals surface area contributed by atoms with E-state index in [1.54, 1.807) is 0 Å². The van der Waals surface area contributed by atoms with Gasteiger partial charge < -0.3 is 5.32 Å². The first-order chi connectivity index (χ1) is 5.88. The third kappa shape index (κ3) is 1.78. The molecule has 3 heteroatoms. The maximum absolute atomic E-state index is 11.1. The van der Waals surface area contributed by atoms with Crippen LogP contribution in [0.2, 0.25) is 0 Å². The first-order valence-corrected chi connectivity index (χ1v) is 4.90. The van der Waals surface area contributed by atoms with Gasteiger partial charge in [-0.3, -0.25) is 9.69 Å². The Bertz CT molecular complexity index is 159. The summed E-state index contributed by atoms with van der Waals surface area (Å²) in [6.45, 7) is 7.02. The molecule has 0 aromatic carbocycles. The van der Waals surface area contributed by atoms with E-state index in [0.29, 0.717) is 0 Å². The van der Waals surface area contributed by atoms with Gasteiger partial charge in [-0.05, 0) is 19.4 Å². The van der Waals surface area contributed by atoms with E-state index >= 15 is 0 Å². The minimum atomic E-state index is 0.216. The van der Waals surface area contributed by atoms with Crippen LogP contribution in [0.25, 0.3) is 0 Å². The molecule has 1 amide bonds. The topological polar surface area (TPSA) is 32.3 Å². The van der Waals surface area contributed by atoms with Crippen molar-refractivity contribution in [2.24, 2.45) is 0 Å². The Balaban J connectivity index is 0.000000336. The summed E-state index contributed by atoms with van der Waals surface area (Å²) in [5.74, 6) is 0.240. The van der Waals surface area contributed by atoms with Crippen LogP contribution < -0.4 is 5.32 Å². The summed E-state index contributed by atoms with van der Waals surface area (Å²) in [4.78, 5) is 13.4. The molecule has 0 saturated carbocycles. The highest BCUT2D eigenvalue weighted by Gasteiger charge is 2.32. The van der Waals surface area contributed by atoms with Crippen LogP contribution in [0.3, 0.4) is 0 Å². The Morgan fingerprint density at radius 1 is 1.42 bits per heavy atom. The molecule has 2 fully saturated rings. The van der Waals surface area contributed by atoms with Crippen molar-refractivity contribution in [3.05, 3.63) is 0 Å². The standard InChI is InChI=1S/C7H12N2O.C2H6/c10-7-6-2-1-4-9(6)5-3-8-7;1-2/h6H,1-5H2,(H,8,10);1-2H3/t6-;/m1./s1. The molecule has 70 valence electrons. The van der Waals surface area contributed by atoms with Crippen LogP contribution in [-0.4, -0.2) is 36.5 Å². The van der Waals surface area contributed by atoms with Gasteiger partial charge in [0.25, 0.3) is 0 Å². The molecule has 2 heterocycles. The van der Waals surface area contributed by atoms with Gasteiger partial charge in [0.05, 0.1) is 6.04 Å². The van der Waals surface area contributed by atoms with Crippen molar-refractivity contribution >= 4 is 5.91 Å². The molecule has 2 saturated heterocycles. The van der Waals surface area contributed by atoms with Gasteiger partial charge in [0.15, 0.2) is 0 Å². The largest absolute Gasteiger partial charge is 0.353 e. The normalized spacial score (nSPS) is 28.5. The SMILES string of the molecule is CC.O=C1NCCN2CCC[C@H]12. The molecule has 0 aliphatic carbocycles. The molecule has 12 heavy (non-hydrogen) atoms. The second kappa shape index (κ2) is 4.45. The molecule has 2 rings (SSSR count). The summed E-state index contributed by atoms with van der Waals surface area (Å²) >= 11 is 0. The smallest absolute Gasteiger partial charge is 0.237 e. The fraction of sp³-hybridized carbons (Fsp3) is 0.889. The predicted octanol–water partition coefficient (Wildman–Crippen LogP) is 0.607. The molecule has 0 radical (unpaired) electrons. The first-order valence-electron chi connectivity index (χ1n) is 4.90. The zero-order chi connectivity index (χ0) is 8.97. The van der Waals surface area contributed by atoms with E-state index in [1.807, 2.05) is 13.8 Å². The third-order valence-electron chi connectivity index (χ3n) is 2.36. The van der Waals surface area contributed by atoms with Crippen LogP contribution in [0, 0.1) is 0 Å². The Hall–Kier alpha value is -0.570. The molecule has 0 aromatic heterocycles. The molecule has 0 unspecified atom stereocenters. The van der Waals surface area contributed by atoms with Gasteiger partial charge in [-0.15, -0.1) is 0 Å². The van der Waals surface area contributed by atoms with Crippen molar-refractivity contribution in [2.45, 2.75) is 32.7 Å². The first kappa shape index (κ1) is 9.52. The minimum absolute atomic E-state index is 0.216. The van der Waals surface area contributed by atoms with Crippen LogP contribution in [0.15, 0.2) is 0 Å². The molecule has 1 N–H and O–H groups in total. The maximum atomic E-state index is 11.1. The second-order valence-corrected chi connectivity index (χ2v) is 2.99. The van der Waals surface area contributed by atoms with E-state index in [9.17, 15) is 4.79 Å². The number of nitrogens with one attached hydrogen (secondary N) is 1. The average Bonchev–Trinajstić information content (AvgIpc) is 2.57. The lowest BCUT2D eigenvalue weighted by Gasteiger charge is -2.28. The van der Waals surface area contributed by atoms with Crippen LogP contribution in [-0.2, 0) is 4.79 Å². The molecular formula is C9H18N2O. The van der Waals surface area contributed by atoms with E-state index in [0.717, 1.165) is 26.1 Å². The van der Waals surface area contributed by atoms with Gasteiger partial charge in [-0.1, -0.05) is 13.8 Å². The van der Waals surface area contributed by atoms with Crippen LogP contribution in [0.1, 0.15) is 26.7 Å². The number of hydrogen-bond donors (Lipinski definition) is 1. The predicted molar refractivity (Wildman–Crippen MR) is 49.0 cm³/mol. The van der Waals surface area contributed by atoms with Gasteiger partial charge in [0.2, 0.25) is 5.91 Å². The number of nitrogens with zero attached hydrogens (tertiary/aromatic N) is 1. The lowest BCUT2D eigenvalue weighted by atomic mass is 10.2. The van der Waals surface area contributed by atoms with Crippen molar-refractivity contribution in [2.75, 3.05) is 19.6 Å². The Labute approximate surface area is 74.1 Å². The fourth-order valence-electron chi connectivity index (χ4n) is 1.83. The van der Waals surface area contributed by atoms with Gasteiger partial charge in [0.1, 0.15) is 0 Å². The molecule has 0 spiro atoms. The second-order valence-electron chi connectivity index (χ2n) is 2.99. The summed E-state index contributed by atoms with van der Waals surface area (Å²) < 4.78 is 0. The number of carbonyl (C=O) groups is 1. The number of fused-ring (bicyclic) bond motifs is 1. The average molecular weight is 170 g/mol. The van der Waals surface area contributed by atoms with Crippen molar-refractivity contribution in [1.82, 2.24) is 10.2 Å². The number of rotatable bonds is 0. The van der Waals surface area contributed by atoms with Crippen LogP contribution >= 0.6 is 0 Å². The van der Waals surface area contributed by atoms with Gasteiger partial charge in [0, 0.05) is 13.1 Å². The Morgan fingerprint density at radius 3 is 2.83 bits per heavy atom. The Morgan fingerprint density at radius 2 is 2.17 bits per heavy atom.